The van der Waals surface area contributed by atoms with Crippen molar-refractivity contribution in [2.75, 3.05) is 17.2 Å². The van der Waals surface area contributed by atoms with E-state index in [-0.39, 0.29) is 18.7 Å². The largest absolute Gasteiger partial charge is 0.457 e. The molecule has 0 saturated carbocycles. The number of amides is 2. The third kappa shape index (κ3) is 8.49. The van der Waals surface area contributed by atoms with Gasteiger partial charge in [0.05, 0.1) is 6.42 Å². The van der Waals surface area contributed by atoms with Gasteiger partial charge in [0.25, 0.3) is 5.91 Å². The summed E-state index contributed by atoms with van der Waals surface area (Å²) >= 11 is 0. The van der Waals surface area contributed by atoms with Crippen molar-refractivity contribution in [2.24, 2.45) is 0 Å². The van der Waals surface area contributed by atoms with Crippen LogP contribution < -0.4 is 15.4 Å². The minimum absolute atomic E-state index is 0.0556. The van der Waals surface area contributed by atoms with Gasteiger partial charge in [-0.15, -0.1) is 0 Å². The van der Waals surface area contributed by atoms with Crippen LogP contribution in [-0.4, -0.2) is 24.4 Å². The monoisotopic (exact) mass is 502 g/mol. The van der Waals surface area contributed by atoms with Crippen LogP contribution in [0, 0.1) is 13.8 Å². The number of carbonyl (C=O) groups is 3. The Bertz CT molecular complexity index is 1210. The lowest BCUT2D eigenvalue weighted by molar-refractivity contribution is -0.147. The molecule has 7 heteroatoms. The SMILES string of the molecule is CCc1cccc(CC)c1NC(=O)COC(=O)CCC(=O)Nc1ccc(Oc2cc(C)cc(C)c2)cc1. The summed E-state index contributed by atoms with van der Waals surface area (Å²) in [6.07, 6.45) is 1.37. The lowest BCUT2D eigenvalue weighted by Crippen LogP contribution is -2.23. The molecular formula is C30H34N2O5. The molecule has 0 aliphatic carbocycles. The van der Waals surface area contributed by atoms with Crippen molar-refractivity contribution in [1.29, 1.82) is 0 Å². The van der Waals surface area contributed by atoms with E-state index in [1.165, 1.54) is 0 Å². The Labute approximate surface area is 218 Å². The zero-order chi connectivity index (χ0) is 26.8. The van der Waals surface area contributed by atoms with Crippen LogP contribution in [0.2, 0.25) is 0 Å². The fourth-order valence-electron chi connectivity index (χ4n) is 3.97. The molecule has 3 aromatic carbocycles. The van der Waals surface area contributed by atoms with Crippen molar-refractivity contribution in [3.8, 4) is 11.5 Å². The van der Waals surface area contributed by atoms with Gasteiger partial charge in [-0.05, 0) is 85.3 Å². The molecule has 0 unspecified atom stereocenters. The fraction of sp³-hybridized carbons (Fsp3) is 0.300. The van der Waals surface area contributed by atoms with E-state index in [9.17, 15) is 14.4 Å². The van der Waals surface area contributed by atoms with Crippen LogP contribution in [0.3, 0.4) is 0 Å². The first-order chi connectivity index (χ1) is 17.8. The van der Waals surface area contributed by atoms with Gasteiger partial charge in [-0.2, -0.15) is 0 Å². The fourth-order valence-corrected chi connectivity index (χ4v) is 3.97. The highest BCUT2D eigenvalue weighted by Gasteiger charge is 2.14. The normalized spacial score (nSPS) is 10.5. The Morgan fingerprint density at radius 2 is 1.35 bits per heavy atom. The maximum Gasteiger partial charge on any atom is 0.306 e. The number of hydrogen-bond donors (Lipinski definition) is 2. The summed E-state index contributed by atoms with van der Waals surface area (Å²) in [6.45, 7) is 7.66. The Kier molecular flexibility index (Phi) is 9.84. The van der Waals surface area contributed by atoms with Crippen molar-refractivity contribution in [2.45, 2.75) is 53.4 Å². The molecule has 0 spiro atoms. The van der Waals surface area contributed by atoms with Gasteiger partial charge >= 0.3 is 5.97 Å². The number of rotatable bonds is 11. The Morgan fingerprint density at radius 1 is 0.730 bits per heavy atom. The number of anilines is 2. The van der Waals surface area contributed by atoms with E-state index in [4.69, 9.17) is 9.47 Å². The maximum atomic E-state index is 12.3. The van der Waals surface area contributed by atoms with E-state index in [1.54, 1.807) is 24.3 Å². The van der Waals surface area contributed by atoms with E-state index in [2.05, 4.69) is 16.7 Å². The molecule has 0 atom stereocenters. The quantitative estimate of drug-likeness (QED) is 0.308. The van der Waals surface area contributed by atoms with Gasteiger partial charge in [0.1, 0.15) is 11.5 Å². The summed E-state index contributed by atoms with van der Waals surface area (Å²) in [7, 11) is 0. The Balaban J connectivity index is 1.41. The van der Waals surface area contributed by atoms with Gasteiger partial charge in [0.2, 0.25) is 5.91 Å². The molecule has 0 heterocycles. The molecule has 37 heavy (non-hydrogen) atoms. The van der Waals surface area contributed by atoms with Gasteiger partial charge < -0.3 is 20.1 Å². The minimum Gasteiger partial charge on any atom is -0.457 e. The second kappa shape index (κ2) is 13.3. The van der Waals surface area contributed by atoms with Crippen LogP contribution in [0.25, 0.3) is 0 Å². The predicted molar refractivity (Wildman–Crippen MR) is 145 cm³/mol. The molecule has 0 saturated heterocycles. The van der Waals surface area contributed by atoms with Crippen molar-refractivity contribution >= 4 is 29.2 Å². The molecule has 7 nitrogen and oxygen atoms in total. The first-order valence-corrected chi connectivity index (χ1v) is 12.5. The van der Waals surface area contributed by atoms with Gasteiger partial charge in [-0.3, -0.25) is 14.4 Å². The van der Waals surface area contributed by atoms with Crippen molar-refractivity contribution in [3.63, 3.8) is 0 Å². The second-order valence-electron chi connectivity index (χ2n) is 8.87. The van der Waals surface area contributed by atoms with Gasteiger partial charge in [0, 0.05) is 17.8 Å². The van der Waals surface area contributed by atoms with E-state index in [1.807, 2.05) is 58.0 Å². The molecule has 2 N–H and O–H groups in total. The van der Waals surface area contributed by atoms with Crippen LogP contribution in [0.4, 0.5) is 11.4 Å². The van der Waals surface area contributed by atoms with Crippen LogP contribution >= 0.6 is 0 Å². The minimum atomic E-state index is -0.609. The Hall–Kier alpha value is -4.13. The highest BCUT2D eigenvalue weighted by molar-refractivity contribution is 5.95. The summed E-state index contributed by atoms with van der Waals surface area (Å²) in [4.78, 5) is 36.7. The molecule has 3 rings (SSSR count). The van der Waals surface area contributed by atoms with Gasteiger partial charge in [-0.25, -0.2) is 0 Å². The summed E-state index contributed by atoms with van der Waals surface area (Å²) < 4.78 is 10.9. The summed E-state index contributed by atoms with van der Waals surface area (Å²) in [5, 5.41) is 5.60. The number of hydrogen-bond acceptors (Lipinski definition) is 5. The molecule has 0 fully saturated rings. The smallest absolute Gasteiger partial charge is 0.306 e. The van der Waals surface area contributed by atoms with Crippen molar-refractivity contribution < 1.29 is 23.9 Å². The molecule has 0 aliphatic rings. The number of carbonyl (C=O) groups excluding carboxylic acids is 3. The lowest BCUT2D eigenvalue weighted by atomic mass is 10.0. The third-order valence-corrected chi connectivity index (χ3v) is 5.75. The van der Waals surface area contributed by atoms with Crippen LogP contribution in [0.1, 0.15) is 48.9 Å². The molecule has 3 aromatic rings. The second-order valence-corrected chi connectivity index (χ2v) is 8.87. The van der Waals surface area contributed by atoms with Gasteiger partial charge in [-0.1, -0.05) is 38.1 Å². The van der Waals surface area contributed by atoms with Crippen molar-refractivity contribution in [3.05, 3.63) is 82.9 Å². The number of nitrogens with one attached hydrogen (secondary N) is 2. The maximum absolute atomic E-state index is 12.3. The number of para-hydroxylation sites is 1. The summed E-state index contributed by atoms with van der Waals surface area (Å²) in [5.74, 6) is 0.0617. The van der Waals surface area contributed by atoms with Crippen LogP contribution in [0.15, 0.2) is 60.7 Å². The standard InChI is InChI=1S/C30H34N2O5/c1-5-22-8-7-9-23(6-2)30(22)32-28(34)19-36-29(35)15-14-27(33)31-24-10-12-25(13-11-24)37-26-17-20(3)16-21(4)18-26/h7-13,16-18H,5-6,14-15,19H2,1-4H3,(H,31,33)(H,32,34). The third-order valence-electron chi connectivity index (χ3n) is 5.75. The van der Waals surface area contributed by atoms with E-state index >= 15 is 0 Å². The van der Waals surface area contributed by atoms with Crippen LogP contribution in [-0.2, 0) is 32.0 Å². The average molecular weight is 503 g/mol. The van der Waals surface area contributed by atoms with Gasteiger partial charge in [0.15, 0.2) is 6.61 Å². The molecule has 0 bridgehead atoms. The topological polar surface area (TPSA) is 93.7 Å². The van der Waals surface area contributed by atoms with Crippen LogP contribution in [0.5, 0.6) is 11.5 Å². The Morgan fingerprint density at radius 3 is 1.95 bits per heavy atom. The zero-order valence-electron chi connectivity index (χ0n) is 21.9. The number of benzene rings is 3. The first kappa shape index (κ1) is 27.5. The van der Waals surface area contributed by atoms with E-state index < -0.39 is 18.5 Å². The molecule has 2 amide bonds. The highest BCUT2D eigenvalue weighted by atomic mass is 16.5. The number of esters is 1. The molecule has 0 aromatic heterocycles. The number of ether oxygens (including phenoxy) is 2. The highest BCUT2D eigenvalue weighted by Crippen LogP contribution is 2.25. The van der Waals surface area contributed by atoms with Crippen molar-refractivity contribution in [1.82, 2.24) is 0 Å². The number of aryl methyl sites for hydroxylation is 4. The summed E-state index contributed by atoms with van der Waals surface area (Å²) in [5.41, 5.74) is 5.65. The zero-order valence-corrected chi connectivity index (χ0v) is 21.9. The lowest BCUT2D eigenvalue weighted by Gasteiger charge is -2.14. The molecule has 0 radical (unpaired) electrons. The van der Waals surface area contributed by atoms with E-state index in [0.29, 0.717) is 11.4 Å². The molecule has 0 aliphatic heterocycles. The molecule has 194 valence electrons. The summed E-state index contributed by atoms with van der Waals surface area (Å²) in [6, 6.07) is 18.9. The van der Waals surface area contributed by atoms with E-state index in [0.717, 1.165) is 46.5 Å². The predicted octanol–water partition coefficient (Wildman–Crippen LogP) is 6.12. The first-order valence-electron chi connectivity index (χ1n) is 12.5. The average Bonchev–Trinajstić information content (AvgIpc) is 2.87. The molecular weight excluding hydrogens is 468 g/mol.